The molecule has 0 N–H and O–H groups in total. The molecule has 0 amide bonds. The molecule has 2 heteroatoms. The molecule has 0 fully saturated rings. The van der Waals surface area contributed by atoms with E-state index in [2.05, 4.69) is 205 Å². The van der Waals surface area contributed by atoms with Crippen LogP contribution in [0.1, 0.15) is 0 Å². The molecule has 244 valence electrons. The first kappa shape index (κ1) is 30.0. The summed E-state index contributed by atoms with van der Waals surface area (Å²) in [5, 5.41) is 7.06. The summed E-state index contributed by atoms with van der Waals surface area (Å²) in [6.07, 6.45) is 0. The molecule has 52 heavy (non-hydrogen) atoms. The first-order valence-corrected chi connectivity index (χ1v) is 17.8. The van der Waals surface area contributed by atoms with Crippen molar-refractivity contribution in [1.29, 1.82) is 0 Å². The molecule has 10 rings (SSSR count). The van der Waals surface area contributed by atoms with Gasteiger partial charge in [0.05, 0.1) is 5.69 Å². The van der Waals surface area contributed by atoms with Gasteiger partial charge in [-0.1, -0.05) is 146 Å². The molecule has 0 aliphatic rings. The molecular weight excluding hydrogens is 631 g/mol. The van der Waals surface area contributed by atoms with Crippen LogP contribution in [0.3, 0.4) is 0 Å². The fraction of sp³-hybridized carbons (Fsp3) is 0. The zero-order valence-electron chi connectivity index (χ0n) is 28.4. The Morgan fingerprint density at radius 2 is 0.904 bits per heavy atom. The summed E-state index contributed by atoms with van der Waals surface area (Å²) in [4.78, 5) is 2.37. The van der Waals surface area contributed by atoms with Crippen LogP contribution < -0.4 is 4.90 Å². The van der Waals surface area contributed by atoms with E-state index in [0.717, 1.165) is 55.5 Å². The van der Waals surface area contributed by atoms with Gasteiger partial charge < -0.3 is 9.32 Å². The lowest BCUT2D eigenvalue weighted by Crippen LogP contribution is -2.11. The number of benzene rings is 9. The summed E-state index contributed by atoms with van der Waals surface area (Å²) in [5.74, 6) is 0. The van der Waals surface area contributed by atoms with Crippen molar-refractivity contribution >= 4 is 60.5 Å². The number of furan rings is 1. The summed E-state index contributed by atoms with van der Waals surface area (Å²) in [6, 6.07) is 71.7. The lowest BCUT2D eigenvalue weighted by Gasteiger charge is -2.28. The summed E-state index contributed by atoms with van der Waals surface area (Å²) >= 11 is 0. The van der Waals surface area contributed by atoms with Crippen molar-refractivity contribution in [2.45, 2.75) is 0 Å². The monoisotopic (exact) mass is 663 g/mol. The van der Waals surface area contributed by atoms with Gasteiger partial charge in [-0.3, -0.25) is 0 Å². The van der Waals surface area contributed by atoms with Crippen molar-refractivity contribution in [3.8, 4) is 33.4 Å². The summed E-state index contributed by atoms with van der Waals surface area (Å²) in [6.45, 7) is 0. The number of nitrogens with zero attached hydrogens (tertiary/aromatic N) is 1. The van der Waals surface area contributed by atoms with Gasteiger partial charge in [-0.25, -0.2) is 0 Å². The molecule has 2 nitrogen and oxygen atoms in total. The topological polar surface area (TPSA) is 16.4 Å². The normalized spacial score (nSPS) is 11.5. The highest BCUT2D eigenvalue weighted by molar-refractivity contribution is 6.15. The molecule has 9 aromatic carbocycles. The molecule has 0 saturated carbocycles. The Hall–Kier alpha value is -6.90. The van der Waals surface area contributed by atoms with E-state index in [-0.39, 0.29) is 0 Å². The highest BCUT2D eigenvalue weighted by atomic mass is 16.3. The molecule has 0 spiro atoms. The summed E-state index contributed by atoms with van der Waals surface area (Å²) in [5.41, 5.74) is 12.2. The van der Waals surface area contributed by atoms with Gasteiger partial charge in [-0.2, -0.15) is 0 Å². The molecule has 10 aromatic rings. The van der Waals surface area contributed by atoms with Gasteiger partial charge >= 0.3 is 0 Å². The Bertz CT molecular complexity index is 2890. The first-order chi connectivity index (χ1) is 25.8. The molecule has 0 atom stereocenters. The largest absolute Gasteiger partial charge is 0.455 e. The molecule has 0 aliphatic carbocycles. The molecular formula is C50H33NO. The van der Waals surface area contributed by atoms with Crippen molar-refractivity contribution < 1.29 is 4.42 Å². The van der Waals surface area contributed by atoms with E-state index >= 15 is 0 Å². The first-order valence-electron chi connectivity index (χ1n) is 17.8. The molecule has 1 aromatic heterocycles. The van der Waals surface area contributed by atoms with Crippen LogP contribution in [0.25, 0.3) is 76.9 Å². The molecule has 0 radical (unpaired) electrons. The van der Waals surface area contributed by atoms with Gasteiger partial charge in [-0.15, -0.1) is 0 Å². The van der Waals surface area contributed by atoms with Crippen LogP contribution in [0.5, 0.6) is 0 Å². The maximum Gasteiger partial charge on any atom is 0.143 e. The second kappa shape index (κ2) is 12.5. The van der Waals surface area contributed by atoms with Crippen molar-refractivity contribution in [2.75, 3.05) is 4.90 Å². The van der Waals surface area contributed by atoms with Crippen molar-refractivity contribution in [3.05, 3.63) is 200 Å². The minimum absolute atomic E-state index is 0.894. The van der Waals surface area contributed by atoms with Crippen LogP contribution >= 0.6 is 0 Å². The van der Waals surface area contributed by atoms with E-state index in [4.69, 9.17) is 4.42 Å². The zero-order chi connectivity index (χ0) is 34.4. The number of fused-ring (bicyclic) bond motifs is 6. The van der Waals surface area contributed by atoms with Gasteiger partial charge in [0.15, 0.2) is 0 Å². The Morgan fingerprint density at radius 3 is 1.69 bits per heavy atom. The number of hydrogen-bond donors (Lipinski definition) is 0. The van der Waals surface area contributed by atoms with Gasteiger partial charge in [-0.05, 0) is 98.6 Å². The quantitative estimate of drug-likeness (QED) is 0.176. The predicted octanol–water partition coefficient (Wildman–Crippen LogP) is 14.4. The minimum Gasteiger partial charge on any atom is -0.455 e. The molecule has 0 saturated heterocycles. The highest BCUT2D eigenvalue weighted by Gasteiger charge is 2.19. The number of hydrogen-bond acceptors (Lipinski definition) is 2. The van der Waals surface area contributed by atoms with Crippen LogP contribution in [0.4, 0.5) is 17.1 Å². The summed E-state index contributed by atoms with van der Waals surface area (Å²) in [7, 11) is 0. The number of para-hydroxylation sites is 1. The molecule has 0 unspecified atom stereocenters. The van der Waals surface area contributed by atoms with Crippen LogP contribution in [0.15, 0.2) is 205 Å². The third-order valence-electron chi connectivity index (χ3n) is 10.3. The SMILES string of the molecule is c1ccc(-c2ccc(N(c3ccc(-c4ccc5ccccc5c4)cc3)c3ccccc3-c3ccc4oc5c6ccccc6ccc5c4c3)cc2)cc1. The standard InChI is InChI=1S/C50H33NO/c1-2-10-34(11-3-1)36-20-26-42(27-21-36)51(43-28-22-37(23-29-43)40-19-18-35-12-4-5-14-39(35)32-40)48-17-9-8-15-44(48)41-25-31-49-47(33-41)46-30-24-38-13-6-7-16-45(38)50(46)52-49/h1-33H. The Balaban J connectivity index is 1.11. The third-order valence-corrected chi connectivity index (χ3v) is 10.3. The highest BCUT2D eigenvalue weighted by Crippen LogP contribution is 2.43. The maximum atomic E-state index is 6.48. The second-order valence-electron chi connectivity index (χ2n) is 13.4. The summed E-state index contributed by atoms with van der Waals surface area (Å²) < 4.78 is 6.48. The maximum absolute atomic E-state index is 6.48. The number of rotatable bonds is 6. The lowest BCUT2D eigenvalue weighted by atomic mass is 9.98. The van der Waals surface area contributed by atoms with Gasteiger partial charge in [0.1, 0.15) is 11.2 Å². The van der Waals surface area contributed by atoms with Gasteiger partial charge in [0.2, 0.25) is 0 Å². The lowest BCUT2D eigenvalue weighted by molar-refractivity contribution is 0.672. The average molecular weight is 664 g/mol. The van der Waals surface area contributed by atoms with E-state index in [9.17, 15) is 0 Å². The third kappa shape index (κ3) is 5.21. The van der Waals surface area contributed by atoms with Crippen molar-refractivity contribution in [2.24, 2.45) is 0 Å². The minimum atomic E-state index is 0.894. The average Bonchev–Trinajstić information content (AvgIpc) is 3.60. The van der Waals surface area contributed by atoms with Gasteiger partial charge in [0, 0.05) is 33.1 Å². The smallest absolute Gasteiger partial charge is 0.143 e. The van der Waals surface area contributed by atoms with E-state index in [1.54, 1.807) is 0 Å². The molecule has 0 aliphatic heterocycles. The van der Waals surface area contributed by atoms with Crippen LogP contribution in [0.2, 0.25) is 0 Å². The van der Waals surface area contributed by atoms with E-state index in [0.29, 0.717) is 0 Å². The van der Waals surface area contributed by atoms with E-state index < -0.39 is 0 Å². The fourth-order valence-electron chi connectivity index (χ4n) is 7.62. The van der Waals surface area contributed by atoms with Crippen molar-refractivity contribution in [1.82, 2.24) is 0 Å². The second-order valence-corrected chi connectivity index (χ2v) is 13.4. The van der Waals surface area contributed by atoms with Crippen LogP contribution in [0, 0.1) is 0 Å². The Morgan fingerprint density at radius 1 is 0.327 bits per heavy atom. The van der Waals surface area contributed by atoms with Gasteiger partial charge in [0.25, 0.3) is 0 Å². The van der Waals surface area contributed by atoms with Crippen LogP contribution in [-0.2, 0) is 0 Å². The number of anilines is 3. The Labute approximate surface area is 302 Å². The van der Waals surface area contributed by atoms with E-state index in [1.165, 1.54) is 38.4 Å². The fourth-order valence-corrected chi connectivity index (χ4v) is 7.62. The Kier molecular flexibility index (Phi) is 7.18. The molecule has 0 bridgehead atoms. The molecule has 1 heterocycles. The zero-order valence-corrected chi connectivity index (χ0v) is 28.4. The predicted molar refractivity (Wildman–Crippen MR) is 220 cm³/mol. The van der Waals surface area contributed by atoms with Crippen LogP contribution in [-0.4, -0.2) is 0 Å². The van der Waals surface area contributed by atoms with Crippen molar-refractivity contribution in [3.63, 3.8) is 0 Å². The van der Waals surface area contributed by atoms with E-state index in [1.807, 2.05) is 0 Å².